The van der Waals surface area contributed by atoms with Gasteiger partial charge in [0.05, 0.1) is 0 Å². The third-order valence-electron chi connectivity index (χ3n) is 3.61. The minimum Gasteiger partial charge on any atom is -0.382 e. The van der Waals surface area contributed by atoms with Crippen molar-refractivity contribution in [3.8, 4) is 0 Å². The maximum Gasteiger partial charge on any atom is 0.269 e. The number of carbonyl (C=O) groups is 1. The molecule has 1 unspecified atom stereocenters. The van der Waals surface area contributed by atoms with Gasteiger partial charge in [0.15, 0.2) is 0 Å². The lowest BCUT2D eigenvalue weighted by atomic mass is 10.1. The van der Waals surface area contributed by atoms with Gasteiger partial charge in [0.25, 0.3) is 5.91 Å². The fourth-order valence-corrected chi connectivity index (χ4v) is 2.35. The number of anilines is 1. The quantitative estimate of drug-likeness (QED) is 0.808. The van der Waals surface area contributed by atoms with Crippen molar-refractivity contribution in [3.63, 3.8) is 0 Å². The Morgan fingerprint density at radius 1 is 1.30 bits per heavy atom. The fourth-order valence-electron chi connectivity index (χ4n) is 2.13. The Hall–Kier alpha value is -2.07. The lowest BCUT2D eigenvalue weighted by Crippen LogP contribution is -2.26. The Bertz CT molecular complexity index is 660. The van der Waals surface area contributed by atoms with E-state index in [2.05, 4.69) is 29.5 Å². The van der Waals surface area contributed by atoms with E-state index in [1.54, 1.807) is 12.3 Å². The predicted octanol–water partition coefficient (Wildman–Crippen LogP) is 3.92. The second kappa shape index (κ2) is 8.53. The van der Waals surface area contributed by atoms with Crippen molar-refractivity contribution in [3.05, 3.63) is 58.9 Å². The summed E-state index contributed by atoms with van der Waals surface area (Å²) in [6.45, 7) is 4.76. The van der Waals surface area contributed by atoms with Crippen LogP contribution in [0.3, 0.4) is 0 Å². The summed E-state index contributed by atoms with van der Waals surface area (Å²) in [5, 5.41) is 6.94. The van der Waals surface area contributed by atoms with Crippen LogP contribution in [-0.4, -0.2) is 23.5 Å². The first-order valence-corrected chi connectivity index (χ1v) is 8.21. The van der Waals surface area contributed by atoms with E-state index in [9.17, 15) is 4.79 Å². The Labute approximate surface area is 142 Å². The van der Waals surface area contributed by atoms with Crippen molar-refractivity contribution < 1.29 is 4.79 Å². The molecule has 0 saturated carbocycles. The molecule has 23 heavy (non-hydrogen) atoms. The molecule has 4 nitrogen and oxygen atoms in total. The van der Waals surface area contributed by atoms with Crippen LogP contribution in [0.1, 0.15) is 36.3 Å². The highest BCUT2D eigenvalue weighted by Crippen LogP contribution is 2.12. The molecule has 2 rings (SSSR count). The molecule has 1 aromatic heterocycles. The highest BCUT2D eigenvalue weighted by Gasteiger charge is 2.08. The molecule has 0 aliphatic heterocycles. The molecule has 1 amide bonds. The predicted molar refractivity (Wildman–Crippen MR) is 95.1 cm³/mol. The van der Waals surface area contributed by atoms with Crippen molar-refractivity contribution in [1.29, 1.82) is 0 Å². The van der Waals surface area contributed by atoms with Crippen molar-refractivity contribution in [2.24, 2.45) is 0 Å². The van der Waals surface area contributed by atoms with Crippen molar-refractivity contribution in [2.75, 3.05) is 11.9 Å². The monoisotopic (exact) mass is 331 g/mol. The zero-order chi connectivity index (χ0) is 16.7. The highest BCUT2D eigenvalue weighted by atomic mass is 35.5. The van der Waals surface area contributed by atoms with Gasteiger partial charge in [-0.15, -0.1) is 0 Å². The zero-order valence-corrected chi connectivity index (χ0v) is 14.2. The summed E-state index contributed by atoms with van der Waals surface area (Å²) in [5.74, 6) is -0.167. The van der Waals surface area contributed by atoms with Crippen molar-refractivity contribution in [1.82, 2.24) is 10.3 Å². The molecule has 0 bridgehead atoms. The SMILES string of the molecule is CCC(C)Nc1ccnc(C(=O)NCCc2cccc(Cl)c2)c1. The lowest BCUT2D eigenvalue weighted by Gasteiger charge is -2.13. The summed E-state index contributed by atoms with van der Waals surface area (Å²) in [6, 6.07) is 11.6. The number of carbonyl (C=O) groups excluding carboxylic acids is 1. The average Bonchev–Trinajstić information content (AvgIpc) is 2.55. The fraction of sp³-hybridized carbons (Fsp3) is 0.333. The molecule has 5 heteroatoms. The topological polar surface area (TPSA) is 54.0 Å². The second-order valence-corrected chi connectivity index (χ2v) is 5.96. The minimum atomic E-state index is -0.167. The van der Waals surface area contributed by atoms with Gasteiger partial charge in [-0.05, 0) is 49.6 Å². The van der Waals surface area contributed by atoms with Crippen LogP contribution in [0.25, 0.3) is 0 Å². The summed E-state index contributed by atoms with van der Waals surface area (Å²) in [7, 11) is 0. The van der Waals surface area contributed by atoms with Gasteiger partial charge in [-0.2, -0.15) is 0 Å². The molecule has 0 aliphatic rings. The van der Waals surface area contributed by atoms with Crippen LogP contribution in [-0.2, 0) is 6.42 Å². The van der Waals surface area contributed by atoms with Crippen LogP contribution < -0.4 is 10.6 Å². The smallest absolute Gasteiger partial charge is 0.269 e. The molecule has 1 heterocycles. The summed E-state index contributed by atoms with van der Waals surface area (Å²) in [4.78, 5) is 16.3. The number of nitrogens with zero attached hydrogens (tertiary/aromatic N) is 1. The first-order valence-electron chi connectivity index (χ1n) is 7.83. The number of hydrogen-bond donors (Lipinski definition) is 2. The van der Waals surface area contributed by atoms with Gasteiger partial charge in [0, 0.05) is 29.5 Å². The number of hydrogen-bond acceptors (Lipinski definition) is 3. The van der Waals surface area contributed by atoms with Crippen LogP contribution in [0.2, 0.25) is 5.02 Å². The van der Waals surface area contributed by atoms with E-state index in [0.29, 0.717) is 23.3 Å². The lowest BCUT2D eigenvalue weighted by molar-refractivity contribution is 0.0949. The van der Waals surface area contributed by atoms with E-state index >= 15 is 0 Å². The van der Waals surface area contributed by atoms with Gasteiger partial charge in [0.2, 0.25) is 0 Å². The second-order valence-electron chi connectivity index (χ2n) is 5.52. The van der Waals surface area contributed by atoms with Gasteiger partial charge in [0.1, 0.15) is 5.69 Å². The van der Waals surface area contributed by atoms with E-state index in [0.717, 1.165) is 24.1 Å². The molecule has 122 valence electrons. The molecule has 1 atom stereocenters. The van der Waals surface area contributed by atoms with E-state index in [4.69, 9.17) is 11.6 Å². The number of pyridine rings is 1. The maximum atomic E-state index is 12.2. The molecule has 0 spiro atoms. The Kier molecular flexibility index (Phi) is 6.41. The van der Waals surface area contributed by atoms with Crippen LogP contribution in [0.5, 0.6) is 0 Å². The Morgan fingerprint density at radius 2 is 2.13 bits per heavy atom. The summed E-state index contributed by atoms with van der Waals surface area (Å²) < 4.78 is 0. The van der Waals surface area contributed by atoms with Gasteiger partial charge < -0.3 is 10.6 Å². The molecule has 0 aliphatic carbocycles. The minimum absolute atomic E-state index is 0.167. The van der Waals surface area contributed by atoms with Gasteiger partial charge in [-0.25, -0.2) is 0 Å². The highest BCUT2D eigenvalue weighted by molar-refractivity contribution is 6.30. The number of nitrogens with one attached hydrogen (secondary N) is 2. The molecule has 0 radical (unpaired) electrons. The molecular weight excluding hydrogens is 310 g/mol. The molecule has 1 aromatic carbocycles. The van der Waals surface area contributed by atoms with E-state index < -0.39 is 0 Å². The standard InChI is InChI=1S/C18H22ClN3O/c1-3-13(2)22-16-8-10-20-17(12-16)18(23)21-9-7-14-5-4-6-15(19)11-14/h4-6,8,10-13H,3,7,9H2,1-2H3,(H,20,22)(H,21,23). The number of amides is 1. The number of halogens is 1. The zero-order valence-electron chi connectivity index (χ0n) is 13.5. The molecule has 0 saturated heterocycles. The number of aromatic nitrogens is 1. The number of benzene rings is 1. The van der Waals surface area contributed by atoms with Crippen LogP contribution in [0.15, 0.2) is 42.6 Å². The van der Waals surface area contributed by atoms with Gasteiger partial charge >= 0.3 is 0 Å². The maximum absolute atomic E-state index is 12.2. The number of rotatable bonds is 7. The van der Waals surface area contributed by atoms with Crippen molar-refractivity contribution in [2.45, 2.75) is 32.7 Å². The van der Waals surface area contributed by atoms with Gasteiger partial charge in [-0.1, -0.05) is 30.7 Å². The molecular formula is C18H22ClN3O. The van der Waals surface area contributed by atoms with Crippen LogP contribution in [0.4, 0.5) is 5.69 Å². The third-order valence-corrected chi connectivity index (χ3v) is 3.84. The van der Waals surface area contributed by atoms with Crippen LogP contribution in [0, 0.1) is 0 Å². The third kappa shape index (κ3) is 5.57. The van der Waals surface area contributed by atoms with Crippen LogP contribution >= 0.6 is 11.6 Å². The van der Waals surface area contributed by atoms with E-state index in [1.165, 1.54) is 0 Å². The average molecular weight is 332 g/mol. The first-order chi connectivity index (χ1) is 11.1. The summed E-state index contributed by atoms with van der Waals surface area (Å²) in [5.41, 5.74) is 2.43. The Morgan fingerprint density at radius 3 is 2.87 bits per heavy atom. The summed E-state index contributed by atoms with van der Waals surface area (Å²) in [6.07, 6.45) is 3.40. The van der Waals surface area contributed by atoms with Gasteiger partial charge in [-0.3, -0.25) is 9.78 Å². The normalized spacial score (nSPS) is 11.8. The summed E-state index contributed by atoms with van der Waals surface area (Å²) >= 11 is 5.95. The van der Waals surface area contributed by atoms with Crippen molar-refractivity contribution >= 4 is 23.2 Å². The molecule has 2 aromatic rings. The first kappa shape index (κ1) is 17.3. The molecule has 2 N–H and O–H groups in total. The largest absolute Gasteiger partial charge is 0.382 e. The van der Waals surface area contributed by atoms with E-state index in [-0.39, 0.29) is 5.91 Å². The van der Waals surface area contributed by atoms with E-state index in [1.807, 2.05) is 30.3 Å². The molecule has 0 fully saturated rings. The Balaban J connectivity index is 1.89.